The number of rotatable bonds is 4. The normalized spacial score (nSPS) is 16.6. The molecule has 0 saturated carbocycles. The van der Waals surface area contributed by atoms with E-state index in [2.05, 4.69) is 30.3 Å². The van der Waals surface area contributed by atoms with E-state index in [4.69, 9.17) is 9.94 Å². The summed E-state index contributed by atoms with van der Waals surface area (Å²) in [6, 6.07) is 14.5. The van der Waals surface area contributed by atoms with Crippen molar-refractivity contribution in [1.29, 1.82) is 0 Å². The topological polar surface area (TPSA) is 58.6 Å². The van der Waals surface area contributed by atoms with Gasteiger partial charge < -0.3 is 4.74 Å². The summed E-state index contributed by atoms with van der Waals surface area (Å²) in [6.07, 6.45) is 2.48. The first-order valence-corrected chi connectivity index (χ1v) is 8.39. The Bertz CT molecular complexity index is 722. The largest absolute Gasteiger partial charge is 0.491 e. The van der Waals surface area contributed by atoms with Crippen LogP contribution in [0.4, 0.5) is 0 Å². The van der Waals surface area contributed by atoms with Gasteiger partial charge in [0.1, 0.15) is 5.75 Å². The van der Waals surface area contributed by atoms with Gasteiger partial charge in [0.25, 0.3) is 0 Å². The number of amides is 1. The minimum atomic E-state index is -0.291. The van der Waals surface area contributed by atoms with Gasteiger partial charge in [-0.15, -0.1) is 0 Å². The molecule has 0 saturated heterocycles. The molecule has 0 radical (unpaired) electrons. The van der Waals surface area contributed by atoms with Gasteiger partial charge >= 0.3 is 0 Å². The van der Waals surface area contributed by atoms with Crippen LogP contribution in [-0.4, -0.2) is 17.2 Å². The van der Waals surface area contributed by atoms with Crippen molar-refractivity contribution in [2.45, 2.75) is 39.2 Å². The number of carbonyl (C=O) groups is 1. The van der Waals surface area contributed by atoms with Crippen LogP contribution in [0, 0.1) is 5.92 Å². The summed E-state index contributed by atoms with van der Waals surface area (Å²) in [7, 11) is 0. The number of hydroxylamine groups is 1. The molecule has 2 aromatic carbocycles. The van der Waals surface area contributed by atoms with Crippen LogP contribution < -0.4 is 10.2 Å². The summed E-state index contributed by atoms with van der Waals surface area (Å²) in [6.45, 7) is 4.02. The van der Waals surface area contributed by atoms with Crippen LogP contribution in [0.1, 0.15) is 31.4 Å². The van der Waals surface area contributed by atoms with Gasteiger partial charge in [-0.25, -0.2) is 5.48 Å². The van der Waals surface area contributed by atoms with Gasteiger partial charge in [0.05, 0.1) is 6.10 Å². The number of benzene rings is 2. The van der Waals surface area contributed by atoms with E-state index < -0.39 is 0 Å². The molecule has 0 heterocycles. The Balaban J connectivity index is 1.82. The lowest BCUT2D eigenvalue weighted by atomic mass is 9.82. The number of fused-ring (bicyclic) bond motifs is 1. The van der Waals surface area contributed by atoms with Gasteiger partial charge in [0, 0.05) is 5.92 Å². The van der Waals surface area contributed by atoms with E-state index in [0.717, 1.165) is 29.7 Å². The predicted molar refractivity (Wildman–Crippen MR) is 93.1 cm³/mol. The Kier molecular flexibility index (Phi) is 4.86. The number of hydrogen-bond acceptors (Lipinski definition) is 3. The molecular formula is C20H23NO3. The highest BCUT2D eigenvalue weighted by Crippen LogP contribution is 2.30. The van der Waals surface area contributed by atoms with Crippen molar-refractivity contribution in [3.8, 4) is 16.9 Å². The SMILES string of the molecule is CC(C)Oc1ccc(-c2ccc3c(c2)CC(C(=O)NO)CC3)cc1. The van der Waals surface area contributed by atoms with Gasteiger partial charge in [-0.1, -0.05) is 30.3 Å². The fraction of sp³-hybridized carbons (Fsp3) is 0.350. The Hall–Kier alpha value is -2.33. The minimum Gasteiger partial charge on any atom is -0.491 e. The molecular weight excluding hydrogens is 302 g/mol. The quantitative estimate of drug-likeness (QED) is 0.665. The highest BCUT2D eigenvalue weighted by molar-refractivity contribution is 5.78. The molecule has 1 amide bonds. The zero-order chi connectivity index (χ0) is 17.1. The van der Waals surface area contributed by atoms with Crippen LogP contribution in [0.25, 0.3) is 11.1 Å². The first kappa shape index (κ1) is 16.5. The van der Waals surface area contributed by atoms with Gasteiger partial charge in [-0.05, 0) is 67.5 Å². The molecule has 4 nitrogen and oxygen atoms in total. The second-order valence-corrected chi connectivity index (χ2v) is 6.59. The second-order valence-electron chi connectivity index (χ2n) is 6.59. The molecule has 1 aliphatic carbocycles. The summed E-state index contributed by atoms with van der Waals surface area (Å²) in [5, 5.41) is 8.84. The van der Waals surface area contributed by atoms with Crippen LogP contribution in [-0.2, 0) is 17.6 Å². The van der Waals surface area contributed by atoms with Crippen LogP contribution in [0.3, 0.4) is 0 Å². The van der Waals surface area contributed by atoms with Gasteiger partial charge in [-0.2, -0.15) is 0 Å². The third-order valence-corrected chi connectivity index (χ3v) is 4.48. The minimum absolute atomic E-state index is 0.153. The Morgan fingerprint density at radius 2 is 1.83 bits per heavy atom. The van der Waals surface area contributed by atoms with E-state index in [1.165, 1.54) is 11.1 Å². The molecule has 24 heavy (non-hydrogen) atoms. The van der Waals surface area contributed by atoms with E-state index >= 15 is 0 Å². The zero-order valence-corrected chi connectivity index (χ0v) is 14.1. The molecule has 0 fully saturated rings. The lowest BCUT2D eigenvalue weighted by Crippen LogP contribution is -2.31. The third-order valence-electron chi connectivity index (χ3n) is 4.48. The van der Waals surface area contributed by atoms with Crippen molar-refractivity contribution in [2.75, 3.05) is 0 Å². The Morgan fingerprint density at radius 1 is 1.12 bits per heavy atom. The molecule has 1 unspecified atom stereocenters. The summed E-state index contributed by atoms with van der Waals surface area (Å²) >= 11 is 0. The highest BCUT2D eigenvalue weighted by atomic mass is 16.5. The zero-order valence-electron chi connectivity index (χ0n) is 14.1. The molecule has 0 spiro atoms. The van der Waals surface area contributed by atoms with Crippen molar-refractivity contribution in [3.63, 3.8) is 0 Å². The average molecular weight is 325 g/mol. The Labute approximate surface area is 142 Å². The number of ether oxygens (including phenoxy) is 1. The lowest BCUT2D eigenvalue weighted by Gasteiger charge is -2.23. The molecule has 2 N–H and O–H groups in total. The standard InChI is InChI=1S/C20H23NO3/c1-13(2)24-19-9-7-14(8-10-19)16-5-3-15-4-6-17(20(22)21-23)12-18(15)11-16/h3,5,7-11,13,17,23H,4,6,12H2,1-2H3,(H,21,22). The van der Waals surface area contributed by atoms with Crippen molar-refractivity contribution < 1.29 is 14.7 Å². The number of aryl methyl sites for hydroxylation is 1. The molecule has 1 aliphatic rings. The molecule has 4 heteroatoms. The number of hydrogen-bond donors (Lipinski definition) is 2. The monoisotopic (exact) mass is 325 g/mol. The van der Waals surface area contributed by atoms with E-state index in [1.807, 2.05) is 26.0 Å². The molecule has 1 atom stereocenters. The summed E-state index contributed by atoms with van der Waals surface area (Å²) < 4.78 is 5.68. The van der Waals surface area contributed by atoms with Gasteiger partial charge in [-0.3, -0.25) is 10.0 Å². The molecule has 126 valence electrons. The molecule has 0 aromatic heterocycles. The van der Waals surface area contributed by atoms with Crippen LogP contribution >= 0.6 is 0 Å². The maximum absolute atomic E-state index is 11.7. The third kappa shape index (κ3) is 3.60. The van der Waals surface area contributed by atoms with E-state index in [-0.39, 0.29) is 17.9 Å². The lowest BCUT2D eigenvalue weighted by molar-refractivity contribution is -0.133. The average Bonchev–Trinajstić information content (AvgIpc) is 2.60. The first-order valence-electron chi connectivity index (χ1n) is 8.39. The molecule has 0 aliphatic heterocycles. The first-order chi connectivity index (χ1) is 11.6. The van der Waals surface area contributed by atoms with Crippen molar-refractivity contribution in [1.82, 2.24) is 5.48 Å². The van der Waals surface area contributed by atoms with E-state index in [1.54, 1.807) is 5.48 Å². The van der Waals surface area contributed by atoms with E-state index in [0.29, 0.717) is 6.42 Å². The predicted octanol–water partition coefficient (Wildman–Crippen LogP) is 3.75. The fourth-order valence-corrected chi connectivity index (χ4v) is 3.25. The molecule has 3 rings (SSSR count). The maximum atomic E-state index is 11.7. The highest BCUT2D eigenvalue weighted by Gasteiger charge is 2.24. The van der Waals surface area contributed by atoms with Crippen molar-refractivity contribution >= 4 is 5.91 Å². The molecule has 2 aromatic rings. The summed E-state index contributed by atoms with van der Waals surface area (Å²) in [4.78, 5) is 11.7. The van der Waals surface area contributed by atoms with Crippen molar-refractivity contribution in [2.24, 2.45) is 5.92 Å². The maximum Gasteiger partial charge on any atom is 0.246 e. The van der Waals surface area contributed by atoms with Crippen LogP contribution in [0.5, 0.6) is 5.75 Å². The smallest absolute Gasteiger partial charge is 0.246 e. The summed E-state index contributed by atoms with van der Waals surface area (Å²) in [5.74, 6) is 0.423. The Morgan fingerprint density at radius 3 is 2.50 bits per heavy atom. The van der Waals surface area contributed by atoms with Crippen molar-refractivity contribution in [3.05, 3.63) is 53.6 Å². The number of nitrogens with one attached hydrogen (secondary N) is 1. The van der Waals surface area contributed by atoms with Crippen LogP contribution in [0.15, 0.2) is 42.5 Å². The van der Waals surface area contributed by atoms with E-state index in [9.17, 15) is 4.79 Å². The summed E-state index contributed by atoms with van der Waals surface area (Å²) in [5.41, 5.74) is 6.52. The van der Waals surface area contributed by atoms with Crippen LogP contribution in [0.2, 0.25) is 0 Å². The van der Waals surface area contributed by atoms with Gasteiger partial charge in [0.2, 0.25) is 5.91 Å². The van der Waals surface area contributed by atoms with Gasteiger partial charge in [0.15, 0.2) is 0 Å². The number of carbonyl (C=O) groups excluding carboxylic acids is 1. The molecule has 0 bridgehead atoms. The second kappa shape index (κ2) is 7.05. The fourth-order valence-electron chi connectivity index (χ4n) is 3.25.